The summed E-state index contributed by atoms with van der Waals surface area (Å²) in [7, 11) is 1.81. The zero-order valence-electron chi connectivity index (χ0n) is 18.6. The fourth-order valence-electron chi connectivity index (χ4n) is 3.43. The average Bonchev–Trinajstić information content (AvgIpc) is 3.03. The Labute approximate surface area is 190 Å². The average molecular weight is 449 g/mol. The minimum absolute atomic E-state index is 0.146. The first-order valence-corrected chi connectivity index (χ1v) is 10.9. The van der Waals surface area contributed by atoms with Gasteiger partial charge in [-0.15, -0.1) is 5.10 Å². The standard InChI is InChI=1S/C23H24N6O2S/c1-13-10-14(2)24-21-20(13)22(28-29(21)5)31-12-19(30)27-17-6-8-18(9-7-17)32-23-25-15(3)11-16(4)26-23/h6-11H,12H2,1-5H3,(H,27,30). The number of aromatic nitrogens is 5. The molecule has 0 radical (unpaired) electrons. The molecule has 0 aliphatic heterocycles. The second-order valence-electron chi connectivity index (χ2n) is 7.60. The van der Waals surface area contributed by atoms with Gasteiger partial charge in [-0.3, -0.25) is 4.79 Å². The van der Waals surface area contributed by atoms with Crippen molar-refractivity contribution in [2.75, 3.05) is 11.9 Å². The highest BCUT2D eigenvalue weighted by Gasteiger charge is 2.15. The van der Waals surface area contributed by atoms with Crippen molar-refractivity contribution in [1.82, 2.24) is 24.7 Å². The molecule has 0 spiro atoms. The molecule has 4 rings (SSSR count). The van der Waals surface area contributed by atoms with Gasteiger partial charge in [-0.25, -0.2) is 19.6 Å². The predicted octanol–water partition coefficient (Wildman–Crippen LogP) is 4.16. The number of carbonyl (C=O) groups is 1. The quantitative estimate of drug-likeness (QED) is 0.443. The Balaban J connectivity index is 1.38. The highest BCUT2D eigenvalue weighted by Crippen LogP contribution is 2.28. The van der Waals surface area contributed by atoms with Crippen LogP contribution in [0.15, 0.2) is 46.5 Å². The molecule has 4 aromatic rings. The summed E-state index contributed by atoms with van der Waals surface area (Å²) in [4.78, 5) is 26.8. The number of hydrogen-bond acceptors (Lipinski definition) is 7. The van der Waals surface area contributed by atoms with Gasteiger partial charge in [0.15, 0.2) is 17.4 Å². The monoisotopic (exact) mass is 448 g/mol. The van der Waals surface area contributed by atoms with Gasteiger partial charge >= 0.3 is 0 Å². The van der Waals surface area contributed by atoms with Crippen LogP contribution in [-0.2, 0) is 11.8 Å². The van der Waals surface area contributed by atoms with Gasteiger partial charge in [0.2, 0.25) is 5.88 Å². The van der Waals surface area contributed by atoms with E-state index in [1.165, 1.54) is 11.8 Å². The van der Waals surface area contributed by atoms with Crippen LogP contribution in [0.5, 0.6) is 5.88 Å². The molecule has 0 saturated carbocycles. The van der Waals surface area contributed by atoms with Crippen molar-refractivity contribution < 1.29 is 9.53 Å². The Morgan fingerprint density at radius 3 is 2.34 bits per heavy atom. The molecule has 32 heavy (non-hydrogen) atoms. The topological polar surface area (TPSA) is 94.8 Å². The molecule has 164 valence electrons. The SMILES string of the molecule is Cc1cc(C)nc(Sc2ccc(NC(=O)COc3nn(C)c4nc(C)cc(C)c34)cc2)n1. The van der Waals surface area contributed by atoms with E-state index in [0.717, 1.165) is 38.6 Å². The Hall–Kier alpha value is -3.46. The largest absolute Gasteiger partial charge is 0.466 e. The Kier molecular flexibility index (Phi) is 6.09. The molecule has 3 heterocycles. The maximum atomic E-state index is 12.4. The third-order valence-corrected chi connectivity index (χ3v) is 5.61. The predicted molar refractivity (Wildman–Crippen MR) is 124 cm³/mol. The Morgan fingerprint density at radius 1 is 1.00 bits per heavy atom. The van der Waals surface area contributed by atoms with E-state index in [1.54, 1.807) is 4.68 Å². The molecule has 0 fully saturated rings. The van der Waals surface area contributed by atoms with Crippen molar-refractivity contribution in [3.63, 3.8) is 0 Å². The smallest absolute Gasteiger partial charge is 0.262 e. The summed E-state index contributed by atoms with van der Waals surface area (Å²) in [6.45, 7) is 7.67. The van der Waals surface area contributed by atoms with Gasteiger partial charge in [0.05, 0.1) is 5.39 Å². The fraction of sp³-hybridized carbons (Fsp3) is 0.261. The number of fused-ring (bicyclic) bond motifs is 1. The van der Waals surface area contributed by atoms with Crippen molar-refractivity contribution in [3.05, 3.63) is 59.0 Å². The minimum Gasteiger partial charge on any atom is -0.466 e. The molecule has 1 N–H and O–H groups in total. The number of aryl methyl sites for hydroxylation is 5. The normalized spacial score (nSPS) is 11.0. The molecule has 0 aliphatic carbocycles. The van der Waals surface area contributed by atoms with Crippen LogP contribution in [-0.4, -0.2) is 37.2 Å². The second kappa shape index (κ2) is 8.96. The lowest BCUT2D eigenvalue weighted by atomic mass is 10.2. The summed E-state index contributed by atoms with van der Waals surface area (Å²) in [6.07, 6.45) is 0. The van der Waals surface area contributed by atoms with Crippen molar-refractivity contribution in [1.29, 1.82) is 0 Å². The van der Waals surface area contributed by atoms with E-state index in [4.69, 9.17) is 4.74 Å². The summed E-state index contributed by atoms with van der Waals surface area (Å²) in [5.74, 6) is 0.141. The van der Waals surface area contributed by atoms with E-state index in [0.29, 0.717) is 16.7 Å². The number of hydrogen-bond donors (Lipinski definition) is 1. The highest BCUT2D eigenvalue weighted by atomic mass is 32.2. The highest BCUT2D eigenvalue weighted by molar-refractivity contribution is 7.99. The minimum atomic E-state index is -0.264. The van der Waals surface area contributed by atoms with E-state index >= 15 is 0 Å². The van der Waals surface area contributed by atoms with Gasteiger partial charge < -0.3 is 10.1 Å². The van der Waals surface area contributed by atoms with Crippen LogP contribution in [0.1, 0.15) is 22.6 Å². The van der Waals surface area contributed by atoms with E-state index in [1.807, 2.05) is 71.1 Å². The van der Waals surface area contributed by atoms with Crippen molar-refractivity contribution in [3.8, 4) is 5.88 Å². The van der Waals surface area contributed by atoms with Gasteiger partial charge in [0, 0.05) is 34.7 Å². The molecule has 0 unspecified atom stereocenters. The molecule has 0 bridgehead atoms. The van der Waals surface area contributed by atoms with Crippen LogP contribution in [0.2, 0.25) is 0 Å². The summed E-state index contributed by atoms with van der Waals surface area (Å²) in [5, 5.41) is 8.74. The first kappa shape index (κ1) is 21.8. The molecule has 3 aromatic heterocycles. The molecule has 0 atom stereocenters. The summed E-state index contributed by atoms with van der Waals surface area (Å²) in [6, 6.07) is 11.4. The third kappa shape index (κ3) is 4.88. The summed E-state index contributed by atoms with van der Waals surface area (Å²) < 4.78 is 7.38. The molecule has 0 saturated heterocycles. The van der Waals surface area contributed by atoms with Crippen LogP contribution >= 0.6 is 11.8 Å². The number of carbonyl (C=O) groups excluding carboxylic acids is 1. The number of amides is 1. The number of pyridine rings is 1. The van der Waals surface area contributed by atoms with Gasteiger partial charge in [-0.1, -0.05) is 0 Å². The van der Waals surface area contributed by atoms with E-state index in [9.17, 15) is 4.79 Å². The zero-order valence-corrected chi connectivity index (χ0v) is 19.4. The molecule has 9 heteroatoms. The van der Waals surface area contributed by atoms with Crippen LogP contribution in [0.4, 0.5) is 5.69 Å². The fourth-order valence-corrected chi connectivity index (χ4v) is 4.29. The molecule has 0 aliphatic rings. The zero-order chi connectivity index (χ0) is 22.8. The van der Waals surface area contributed by atoms with Gasteiger partial charge in [0.1, 0.15) is 0 Å². The molecule has 8 nitrogen and oxygen atoms in total. The van der Waals surface area contributed by atoms with Crippen LogP contribution in [0.25, 0.3) is 11.0 Å². The Bertz CT molecular complexity index is 1280. The van der Waals surface area contributed by atoms with Gasteiger partial charge in [-0.05, 0) is 81.4 Å². The van der Waals surface area contributed by atoms with Crippen LogP contribution in [0.3, 0.4) is 0 Å². The molecular formula is C23H24N6O2S. The lowest BCUT2D eigenvalue weighted by Gasteiger charge is -2.08. The number of anilines is 1. The molecule has 1 aromatic carbocycles. The number of benzene rings is 1. The lowest BCUT2D eigenvalue weighted by molar-refractivity contribution is -0.118. The maximum absolute atomic E-state index is 12.4. The van der Waals surface area contributed by atoms with E-state index in [-0.39, 0.29) is 12.5 Å². The van der Waals surface area contributed by atoms with Gasteiger partial charge in [-0.2, -0.15) is 0 Å². The number of ether oxygens (including phenoxy) is 1. The van der Waals surface area contributed by atoms with E-state index in [2.05, 4.69) is 25.4 Å². The Morgan fingerprint density at radius 2 is 1.66 bits per heavy atom. The second-order valence-corrected chi connectivity index (χ2v) is 8.65. The summed E-state index contributed by atoms with van der Waals surface area (Å²) >= 11 is 1.48. The summed E-state index contributed by atoms with van der Waals surface area (Å²) in [5.41, 5.74) is 5.21. The number of nitrogens with zero attached hydrogens (tertiary/aromatic N) is 5. The third-order valence-electron chi connectivity index (χ3n) is 4.74. The van der Waals surface area contributed by atoms with Crippen LogP contribution in [0, 0.1) is 27.7 Å². The first-order valence-electron chi connectivity index (χ1n) is 10.1. The number of rotatable bonds is 6. The maximum Gasteiger partial charge on any atom is 0.262 e. The van der Waals surface area contributed by atoms with Crippen molar-refractivity contribution >= 4 is 34.4 Å². The van der Waals surface area contributed by atoms with Crippen LogP contribution < -0.4 is 10.1 Å². The van der Waals surface area contributed by atoms with Crippen molar-refractivity contribution in [2.24, 2.45) is 7.05 Å². The van der Waals surface area contributed by atoms with Crippen molar-refractivity contribution in [2.45, 2.75) is 37.7 Å². The van der Waals surface area contributed by atoms with Gasteiger partial charge in [0.25, 0.3) is 5.91 Å². The first-order chi connectivity index (χ1) is 15.3. The molecular weight excluding hydrogens is 424 g/mol. The lowest BCUT2D eigenvalue weighted by Crippen LogP contribution is -2.20. The molecule has 1 amide bonds. The van der Waals surface area contributed by atoms with E-state index < -0.39 is 0 Å². The number of nitrogens with one attached hydrogen (secondary N) is 1.